The van der Waals surface area contributed by atoms with Crippen molar-refractivity contribution in [1.29, 1.82) is 0 Å². The van der Waals surface area contributed by atoms with Crippen LogP contribution < -0.4 is 25.9 Å². The molecule has 0 bridgehead atoms. The summed E-state index contributed by atoms with van der Waals surface area (Å²) in [5, 5.41) is 0. The zero-order valence-electron chi connectivity index (χ0n) is 23.3. The number of nitrogens with zero attached hydrogens (tertiary/aromatic N) is 1. The van der Waals surface area contributed by atoms with Gasteiger partial charge in [-0.1, -0.05) is 113 Å². The Balaban J connectivity index is 1.34. The van der Waals surface area contributed by atoms with E-state index in [1.165, 1.54) is 16.7 Å². The van der Waals surface area contributed by atoms with E-state index in [4.69, 9.17) is 14.5 Å². The Kier molecular flexibility index (Phi) is 4.78. The second-order valence-electron chi connectivity index (χ2n) is 12.7. The Labute approximate surface area is 235 Å². The summed E-state index contributed by atoms with van der Waals surface area (Å²) in [5.74, 6) is 3.23. The Hall–Kier alpha value is -4.31. The summed E-state index contributed by atoms with van der Waals surface area (Å²) in [6.07, 6.45) is 2.93. The molecule has 0 atom stereocenters. The molecule has 3 aliphatic rings. The standard InChI is InChI=1S/C36H30BNO2/c1-35(2)21-36(3,4)27-20-23(16-17-26(27)35)25-13-9-15-29-33(25)40-34-31-30(18-19-38-34)39-32-24(22-10-6-5-7-11-22)12-8-14-28(32)37(29)31/h5-20H,21H2,1-4H3. The number of hydrogen-bond acceptors (Lipinski definition) is 3. The third kappa shape index (κ3) is 3.29. The van der Waals surface area contributed by atoms with Crippen molar-refractivity contribution >= 4 is 23.1 Å². The molecule has 4 heteroatoms. The minimum Gasteiger partial charge on any atom is -0.458 e. The van der Waals surface area contributed by atoms with Gasteiger partial charge >= 0.3 is 0 Å². The molecule has 0 radical (unpaired) electrons. The normalized spacial score (nSPS) is 16.6. The zero-order chi connectivity index (χ0) is 27.2. The van der Waals surface area contributed by atoms with E-state index in [0.717, 1.165) is 56.7 Å². The second kappa shape index (κ2) is 8.11. The van der Waals surface area contributed by atoms with Crippen LogP contribution in [0.3, 0.4) is 0 Å². The van der Waals surface area contributed by atoms with Gasteiger partial charge in [0, 0.05) is 22.8 Å². The predicted molar refractivity (Wildman–Crippen MR) is 163 cm³/mol. The SMILES string of the molecule is CC1(C)CC(C)(C)c2cc(-c3cccc4c3Oc3nccc5c3B4c3cccc(-c4ccccc4)c3O5)ccc21. The highest BCUT2D eigenvalue weighted by atomic mass is 16.5. The van der Waals surface area contributed by atoms with Crippen molar-refractivity contribution in [3.63, 3.8) is 0 Å². The molecule has 8 rings (SSSR count). The third-order valence-electron chi connectivity index (χ3n) is 9.08. The van der Waals surface area contributed by atoms with Gasteiger partial charge in [-0.25, -0.2) is 4.98 Å². The molecule has 0 spiro atoms. The number of fused-ring (bicyclic) bond motifs is 5. The molecule has 0 fully saturated rings. The first kappa shape index (κ1) is 23.6. The summed E-state index contributed by atoms with van der Waals surface area (Å²) < 4.78 is 13.3. The van der Waals surface area contributed by atoms with Crippen molar-refractivity contribution in [1.82, 2.24) is 4.98 Å². The van der Waals surface area contributed by atoms with E-state index >= 15 is 0 Å². The fraction of sp³-hybridized carbons (Fsp3) is 0.194. The summed E-state index contributed by atoms with van der Waals surface area (Å²) in [7, 11) is 0. The van der Waals surface area contributed by atoms with Crippen molar-refractivity contribution < 1.29 is 9.47 Å². The molecule has 2 aliphatic heterocycles. The third-order valence-corrected chi connectivity index (χ3v) is 9.08. The van der Waals surface area contributed by atoms with Crippen LogP contribution in [0.25, 0.3) is 22.3 Å². The van der Waals surface area contributed by atoms with Crippen molar-refractivity contribution in [3.8, 4) is 45.4 Å². The van der Waals surface area contributed by atoms with E-state index in [9.17, 15) is 0 Å². The highest BCUT2D eigenvalue weighted by molar-refractivity contribution is 6.98. The zero-order valence-corrected chi connectivity index (χ0v) is 23.3. The first-order valence-corrected chi connectivity index (χ1v) is 14.1. The molecule has 0 saturated heterocycles. The largest absolute Gasteiger partial charge is 0.458 e. The Morgan fingerprint density at radius 2 is 1.32 bits per heavy atom. The number of aromatic nitrogens is 1. The minimum atomic E-state index is -0.0281. The monoisotopic (exact) mass is 519 g/mol. The summed E-state index contributed by atoms with van der Waals surface area (Å²) in [6.45, 7) is 9.43. The Morgan fingerprint density at radius 1 is 0.650 bits per heavy atom. The van der Waals surface area contributed by atoms with Gasteiger partial charge in [-0.15, -0.1) is 0 Å². The molecule has 5 aromatic rings. The summed E-state index contributed by atoms with van der Waals surface area (Å²) >= 11 is 0. The first-order chi connectivity index (χ1) is 19.3. The average Bonchev–Trinajstić information content (AvgIpc) is 3.15. The van der Waals surface area contributed by atoms with Crippen LogP contribution >= 0.6 is 0 Å². The first-order valence-electron chi connectivity index (χ1n) is 14.1. The van der Waals surface area contributed by atoms with Gasteiger partial charge in [0.1, 0.15) is 17.2 Å². The lowest BCUT2D eigenvalue weighted by Gasteiger charge is -2.33. The molecule has 0 amide bonds. The van der Waals surface area contributed by atoms with E-state index in [1.807, 2.05) is 12.1 Å². The molecular weight excluding hydrogens is 489 g/mol. The van der Waals surface area contributed by atoms with E-state index in [-0.39, 0.29) is 17.5 Å². The lowest BCUT2D eigenvalue weighted by atomic mass is 9.35. The smallest absolute Gasteiger partial charge is 0.262 e. The highest BCUT2D eigenvalue weighted by Crippen LogP contribution is 2.51. The van der Waals surface area contributed by atoms with Crippen LogP contribution in [0.2, 0.25) is 0 Å². The fourth-order valence-electron chi connectivity index (χ4n) is 7.58. The minimum absolute atomic E-state index is 0.0281. The number of benzene rings is 4. The van der Waals surface area contributed by atoms with Gasteiger partial charge in [0.25, 0.3) is 6.71 Å². The van der Waals surface area contributed by atoms with E-state index in [1.54, 1.807) is 6.20 Å². The van der Waals surface area contributed by atoms with Crippen LogP contribution in [0.1, 0.15) is 45.2 Å². The van der Waals surface area contributed by atoms with Crippen LogP contribution in [-0.2, 0) is 10.8 Å². The van der Waals surface area contributed by atoms with Crippen molar-refractivity contribution in [2.75, 3.05) is 0 Å². The van der Waals surface area contributed by atoms with Gasteiger partial charge in [-0.3, -0.25) is 0 Å². The maximum absolute atomic E-state index is 6.66. The molecular formula is C36H30BNO2. The van der Waals surface area contributed by atoms with Gasteiger partial charge < -0.3 is 9.47 Å². The number of ether oxygens (including phenoxy) is 2. The number of hydrogen-bond donors (Lipinski definition) is 0. The van der Waals surface area contributed by atoms with Crippen molar-refractivity contribution in [3.05, 3.63) is 108 Å². The summed E-state index contributed by atoms with van der Waals surface area (Å²) in [4.78, 5) is 4.70. The molecule has 1 aliphatic carbocycles. The molecule has 4 aromatic carbocycles. The van der Waals surface area contributed by atoms with Gasteiger partial charge in [-0.2, -0.15) is 0 Å². The second-order valence-corrected chi connectivity index (χ2v) is 12.7. The summed E-state index contributed by atoms with van der Waals surface area (Å²) in [6, 6.07) is 32.4. The van der Waals surface area contributed by atoms with Crippen molar-refractivity contribution in [2.24, 2.45) is 0 Å². The number of rotatable bonds is 2. The number of pyridine rings is 1. The van der Waals surface area contributed by atoms with Crippen molar-refractivity contribution in [2.45, 2.75) is 44.9 Å². The molecule has 0 N–H and O–H groups in total. The van der Waals surface area contributed by atoms with Gasteiger partial charge in [0.2, 0.25) is 5.88 Å². The van der Waals surface area contributed by atoms with Gasteiger partial charge in [0.15, 0.2) is 0 Å². The molecule has 0 saturated carbocycles. The van der Waals surface area contributed by atoms with Crippen LogP contribution in [0, 0.1) is 0 Å². The summed E-state index contributed by atoms with van der Waals surface area (Å²) in [5.41, 5.74) is 11.0. The topological polar surface area (TPSA) is 31.4 Å². The quantitative estimate of drug-likeness (QED) is 0.228. The van der Waals surface area contributed by atoms with Crippen LogP contribution in [0.4, 0.5) is 0 Å². The number of para-hydroxylation sites is 2. The molecule has 0 unspecified atom stereocenters. The highest BCUT2D eigenvalue weighted by Gasteiger charge is 2.44. The molecule has 194 valence electrons. The lowest BCUT2D eigenvalue weighted by Crippen LogP contribution is -2.57. The molecule has 40 heavy (non-hydrogen) atoms. The maximum atomic E-state index is 6.66. The fourth-order valence-corrected chi connectivity index (χ4v) is 7.58. The average molecular weight is 519 g/mol. The Bertz CT molecular complexity index is 1840. The van der Waals surface area contributed by atoms with E-state index < -0.39 is 0 Å². The van der Waals surface area contributed by atoms with Gasteiger partial charge in [-0.05, 0) is 56.5 Å². The van der Waals surface area contributed by atoms with Crippen LogP contribution in [-0.4, -0.2) is 11.7 Å². The maximum Gasteiger partial charge on any atom is 0.262 e. The van der Waals surface area contributed by atoms with Gasteiger partial charge in [0.05, 0.1) is 0 Å². The molecule has 3 heterocycles. The molecule has 3 nitrogen and oxygen atoms in total. The predicted octanol–water partition coefficient (Wildman–Crippen LogP) is 7.10. The van der Waals surface area contributed by atoms with E-state index in [0.29, 0.717) is 5.88 Å². The van der Waals surface area contributed by atoms with Crippen LogP contribution in [0.15, 0.2) is 97.2 Å². The Morgan fingerprint density at radius 3 is 2.08 bits per heavy atom. The van der Waals surface area contributed by atoms with E-state index in [2.05, 4.69) is 107 Å². The van der Waals surface area contributed by atoms with Crippen LogP contribution in [0.5, 0.6) is 23.1 Å². The molecule has 1 aromatic heterocycles. The lowest BCUT2D eigenvalue weighted by molar-refractivity contribution is 0.403.